The largest absolute Gasteiger partial charge is 0.491 e. The second-order valence-electron chi connectivity index (χ2n) is 5.05. The lowest BCUT2D eigenvalue weighted by Gasteiger charge is -2.21. The van der Waals surface area contributed by atoms with Gasteiger partial charge in [-0.15, -0.1) is 10.2 Å². The van der Waals surface area contributed by atoms with Gasteiger partial charge in [-0.2, -0.15) is 4.98 Å². The van der Waals surface area contributed by atoms with E-state index >= 15 is 0 Å². The molecule has 0 saturated carbocycles. The fraction of sp³-hybridized carbons (Fsp3) is 0.214. The highest BCUT2D eigenvalue weighted by Crippen LogP contribution is 2.28. The summed E-state index contributed by atoms with van der Waals surface area (Å²) in [6.45, 7) is 1.91. The third-order valence-electron chi connectivity index (χ3n) is 3.63. The lowest BCUT2D eigenvalue weighted by atomic mass is 10.2. The van der Waals surface area contributed by atoms with Gasteiger partial charge in [0.1, 0.15) is 24.5 Å². The van der Waals surface area contributed by atoms with E-state index in [-0.39, 0.29) is 0 Å². The number of rotatable bonds is 1. The van der Waals surface area contributed by atoms with E-state index in [4.69, 9.17) is 22.1 Å². The molecular weight excluding hydrogens is 304 g/mol. The molecule has 0 fully saturated rings. The highest BCUT2D eigenvalue weighted by atomic mass is 35.5. The van der Waals surface area contributed by atoms with Crippen molar-refractivity contribution < 1.29 is 4.74 Å². The molecule has 7 nitrogen and oxygen atoms in total. The van der Waals surface area contributed by atoms with E-state index in [0.717, 1.165) is 17.1 Å². The summed E-state index contributed by atoms with van der Waals surface area (Å²) >= 11 is 6.08. The number of aromatic nitrogens is 4. The van der Waals surface area contributed by atoms with Gasteiger partial charge in [-0.3, -0.25) is 4.40 Å². The van der Waals surface area contributed by atoms with Crippen molar-refractivity contribution in [2.45, 2.75) is 6.54 Å². The third kappa shape index (κ3) is 2.19. The van der Waals surface area contributed by atoms with Crippen LogP contribution in [-0.4, -0.2) is 32.7 Å². The Bertz CT molecular complexity index is 848. The SMILES string of the molecule is Nc1nc(N2CCOc3ccc(Cl)cc3C2)cc2nncn12. The Morgan fingerprint density at radius 1 is 1.27 bits per heavy atom. The fourth-order valence-electron chi connectivity index (χ4n) is 2.56. The molecule has 2 aromatic heterocycles. The summed E-state index contributed by atoms with van der Waals surface area (Å²) in [4.78, 5) is 6.52. The van der Waals surface area contributed by atoms with Gasteiger partial charge in [-0.05, 0) is 18.2 Å². The number of anilines is 2. The molecule has 2 N–H and O–H groups in total. The summed E-state index contributed by atoms with van der Waals surface area (Å²) in [5.74, 6) is 1.95. The minimum absolute atomic E-state index is 0.356. The van der Waals surface area contributed by atoms with Crippen LogP contribution in [-0.2, 0) is 6.54 Å². The number of hydrogen-bond donors (Lipinski definition) is 1. The quantitative estimate of drug-likeness (QED) is 0.736. The molecule has 0 radical (unpaired) electrons. The van der Waals surface area contributed by atoms with E-state index in [9.17, 15) is 0 Å². The third-order valence-corrected chi connectivity index (χ3v) is 3.87. The van der Waals surface area contributed by atoms with Crippen LogP contribution in [0.2, 0.25) is 5.02 Å². The maximum Gasteiger partial charge on any atom is 0.209 e. The first-order valence-electron chi connectivity index (χ1n) is 6.83. The maximum atomic E-state index is 6.08. The summed E-state index contributed by atoms with van der Waals surface area (Å²) in [5, 5.41) is 8.56. The van der Waals surface area contributed by atoms with E-state index in [1.807, 2.05) is 24.3 Å². The Labute approximate surface area is 131 Å². The summed E-state index contributed by atoms with van der Waals surface area (Å²) < 4.78 is 7.41. The Kier molecular flexibility index (Phi) is 3.00. The van der Waals surface area contributed by atoms with Crippen LogP contribution in [0.15, 0.2) is 30.6 Å². The zero-order valence-electron chi connectivity index (χ0n) is 11.6. The molecule has 0 bridgehead atoms. The molecule has 112 valence electrons. The molecule has 1 aliphatic rings. The van der Waals surface area contributed by atoms with Crippen molar-refractivity contribution in [3.8, 4) is 5.75 Å². The van der Waals surface area contributed by atoms with Crippen molar-refractivity contribution >= 4 is 29.0 Å². The number of ether oxygens (including phenoxy) is 1. The second kappa shape index (κ2) is 5.03. The molecule has 0 spiro atoms. The molecule has 4 rings (SSSR count). The predicted molar refractivity (Wildman–Crippen MR) is 83.2 cm³/mol. The smallest absolute Gasteiger partial charge is 0.209 e. The molecule has 0 saturated heterocycles. The van der Waals surface area contributed by atoms with Crippen molar-refractivity contribution in [2.24, 2.45) is 0 Å². The van der Waals surface area contributed by atoms with Gasteiger partial charge in [0.2, 0.25) is 5.95 Å². The van der Waals surface area contributed by atoms with Crippen LogP contribution in [0, 0.1) is 0 Å². The van der Waals surface area contributed by atoms with E-state index in [0.29, 0.717) is 36.3 Å². The molecule has 0 unspecified atom stereocenters. The Balaban J connectivity index is 1.74. The Hall–Kier alpha value is -2.54. The number of hydrogen-bond acceptors (Lipinski definition) is 6. The van der Waals surface area contributed by atoms with Crippen LogP contribution in [0.25, 0.3) is 5.65 Å². The van der Waals surface area contributed by atoms with Gasteiger partial charge in [-0.1, -0.05) is 11.6 Å². The van der Waals surface area contributed by atoms with Crippen LogP contribution in [0.4, 0.5) is 11.8 Å². The first-order valence-corrected chi connectivity index (χ1v) is 7.21. The Morgan fingerprint density at radius 2 is 2.18 bits per heavy atom. The molecule has 0 atom stereocenters. The van der Waals surface area contributed by atoms with Crippen molar-refractivity contribution in [1.82, 2.24) is 19.6 Å². The zero-order chi connectivity index (χ0) is 15.1. The summed E-state index contributed by atoms with van der Waals surface area (Å²) in [6, 6.07) is 7.49. The summed E-state index contributed by atoms with van der Waals surface area (Å²) in [5.41, 5.74) is 7.64. The lowest BCUT2D eigenvalue weighted by Crippen LogP contribution is -2.26. The van der Waals surface area contributed by atoms with Gasteiger partial charge in [0, 0.05) is 23.2 Å². The molecule has 1 aromatic carbocycles. The highest BCUT2D eigenvalue weighted by Gasteiger charge is 2.18. The van der Waals surface area contributed by atoms with E-state index in [1.54, 1.807) is 10.7 Å². The number of nitrogens with zero attached hydrogens (tertiary/aromatic N) is 5. The van der Waals surface area contributed by atoms with E-state index < -0.39 is 0 Å². The monoisotopic (exact) mass is 316 g/mol. The molecule has 8 heteroatoms. The van der Waals surface area contributed by atoms with Gasteiger partial charge in [0.15, 0.2) is 5.65 Å². The minimum atomic E-state index is 0.356. The number of halogens is 1. The van der Waals surface area contributed by atoms with Gasteiger partial charge >= 0.3 is 0 Å². The summed E-state index contributed by atoms with van der Waals surface area (Å²) in [7, 11) is 0. The highest BCUT2D eigenvalue weighted by molar-refractivity contribution is 6.30. The van der Waals surface area contributed by atoms with E-state index in [1.165, 1.54) is 0 Å². The van der Waals surface area contributed by atoms with Crippen LogP contribution in [0.1, 0.15) is 5.56 Å². The molecule has 3 heterocycles. The molecule has 0 aliphatic carbocycles. The predicted octanol–water partition coefficient (Wildman–Crippen LogP) is 1.76. The zero-order valence-corrected chi connectivity index (χ0v) is 12.4. The number of nitrogens with two attached hydrogens (primary N) is 1. The molecule has 0 amide bonds. The average molecular weight is 317 g/mol. The topological polar surface area (TPSA) is 81.6 Å². The van der Waals surface area contributed by atoms with E-state index in [2.05, 4.69) is 20.1 Å². The lowest BCUT2D eigenvalue weighted by molar-refractivity contribution is 0.331. The van der Waals surface area contributed by atoms with Crippen LogP contribution in [0.5, 0.6) is 5.75 Å². The fourth-order valence-corrected chi connectivity index (χ4v) is 2.75. The normalized spacial score (nSPS) is 14.5. The van der Waals surface area contributed by atoms with Crippen molar-refractivity contribution in [3.63, 3.8) is 0 Å². The van der Waals surface area contributed by atoms with Crippen molar-refractivity contribution in [3.05, 3.63) is 41.2 Å². The first kappa shape index (κ1) is 13.1. The number of fused-ring (bicyclic) bond motifs is 2. The van der Waals surface area contributed by atoms with Gasteiger partial charge < -0.3 is 15.4 Å². The van der Waals surface area contributed by atoms with Gasteiger partial charge in [0.05, 0.1) is 6.54 Å². The average Bonchev–Trinajstić information content (AvgIpc) is 2.87. The molecular formula is C14H13ClN6O. The Morgan fingerprint density at radius 3 is 3.09 bits per heavy atom. The van der Waals surface area contributed by atoms with Crippen molar-refractivity contribution in [1.29, 1.82) is 0 Å². The first-order chi connectivity index (χ1) is 10.7. The second-order valence-corrected chi connectivity index (χ2v) is 5.49. The van der Waals surface area contributed by atoms with Gasteiger partial charge in [-0.25, -0.2) is 0 Å². The van der Waals surface area contributed by atoms with Crippen LogP contribution in [0.3, 0.4) is 0 Å². The number of nitrogen functional groups attached to an aromatic ring is 1. The van der Waals surface area contributed by atoms with Crippen LogP contribution >= 0.6 is 11.6 Å². The summed E-state index contributed by atoms with van der Waals surface area (Å²) in [6.07, 6.45) is 1.54. The molecule has 1 aliphatic heterocycles. The standard InChI is InChI=1S/C14H13ClN6O/c15-10-1-2-11-9(5-10)7-20(3-4-22-11)12-6-13-19-17-8-21(13)14(16)18-12/h1-2,5-6,8H,3-4,7H2,(H2,16,18). The minimum Gasteiger partial charge on any atom is -0.491 e. The van der Waals surface area contributed by atoms with Gasteiger partial charge in [0.25, 0.3) is 0 Å². The molecule has 22 heavy (non-hydrogen) atoms. The van der Waals surface area contributed by atoms with Crippen LogP contribution < -0.4 is 15.4 Å². The molecule has 3 aromatic rings. The number of benzene rings is 1. The van der Waals surface area contributed by atoms with Crippen molar-refractivity contribution in [2.75, 3.05) is 23.8 Å². The maximum absolute atomic E-state index is 6.08.